The van der Waals surface area contributed by atoms with E-state index in [0.717, 1.165) is 31.6 Å². The van der Waals surface area contributed by atoms with Crippen molar-refractivity contribution >= 4 is 11.6 Å². The quantitative estimate of drug-likeness (QED) is 0.420. The van der Waals surface area contributed by atoms with Crippen molar-refractivity contribution < 1.29 is 22.3 Å². The molecule has 30 heavy (non-hydrogen) atoms. The third kappa shape index (κ3) is 5.77. The van der Waals surface area contributed by atoms with Gasteiger partial charge in [0.15, 0.2) is 5.96 Å². The molecule has 0 saturated carbocycles. The fraction of sp³-hybridized carbons (Fsp3) is 0.381. The topological polar surface area (TPSA) is 48.9 Å². The highest BCUT2D eigenvalue weighted by Crippen LogP contribution is 2.23. The summed E-state index contributed by atoms with van der Waals surface area (Å²) in [6.45, 7) is -1.60. The number of aliphatic imine (C=N–C) groups is 1. The zero-order chi connectivity index (χ0) is 21.5. The van der Waals surface area contributed by atoms with E-state index in [0.29, 0.717) is 5.96 Å². The molecule has 1 aliphatic rings. The highest BCUT2D eigenvalue weighted by atomic mass is 19.3. The molecule has 1 heterocycles. The molecule has 0 atom stereocenters. The maximum atomic E-state index is 14.1. The van der Waals surface area contributed by atoms with Crippen LogP contribution in [-0.2, 0) is 6.54 Å². The Labute approximate surface area is 172 Å². The summed E-state index contributed by atoms with van der Waals surface area (Å²) in [6.07, 6.45) is 1.60. The van der Waals surface area contributed by atoms with Gasteiger partial charge in [0, 0.05) is 44.0 Å². The lowest BCUT2D eigenvalue weighted by Crippen LogP contribution is -2.48. The molecule has 2 aromatic carbocycles. The minimum absolute atomic E-state index is 0.00155. The minimum atomic E-state index is -3.04. The van der Waals surface area contributed by atoms with Crippen molar-refractivity contribution in [2.75, 3.05) is 25.0 Å². The number of halogens is 4. The summed E-state index contributed by atoms with van der Waals surface area (Å²) in [5.41, 5.74) is 0.851. The van der Waals surface area contributed by atoms with Crippen molar-refractivity contribution in [2.45, 2.75) is 32.0 Å². The zero-order valence-corrected chi connectivity index (χ0v) is 16.5. The maximum Gasteiger partial charge on any atom is 0.387 e. The number of nitrogens with zero attached hydrogens (tertiary/aromatic N) is 2. The number of anilines is 1. The van der Waals surface area contributed by atoms with Crippen LogP contribution in [0.2, 0.25) is 0 Å². The monoisotopic (exact) mass is 424 g/mol. The van der Waals surface area contributed by atoms with Gasteiger partial charge < -0.3 is 20.3 Å². The molecule has 2 aromatic rings. The van der Waals surface area contributed by atoms with Crippen LogP contribution in [0.25, 0.3) is 0 Å². The second-order valence-electron chi connectivity index (χ2n) is 6.91. The first-order valence-corrected chi connectivity index (χ1v) is 9.66. The van der Waals surface area contributed by atoms with E-state index in [1.54, 1.807) is 13.1 Å². The summed E-state index contributed by atoms with van der Waals surface area (Å²) in [5, 5.41) is 6.21. The molecule has 0 bridgehead atoms. The van der Waals surface area contributed by atoms with E-state index in [1.807, 2.05) is 6.07 Å². The van der Waals surface area contributed by atoms with Crippen LogP contribution in [0.5, 0.6) is 5.75 Å². The van der Waals surface area contributed by atoms with Gasteiger partial charge in [0.2, 0.25) is 0 Å². The number of hydrogen-bond acceptors (Lipinski definition) is 3. The molecule has 1 saturated heterocycles. The van der Waals surface area contributed by atoms with Crippen molar-refractivity contribution in [1.29, 1.82) is 0 Å². The first-order chi connectivity index (χ1) is 14.5. The Morgan fingerprint density at radius 1 is 1.17 bits per heavy atom. The van der Waals surface area contributed by atoms with Crippen LogP contribution >= 0.6 is 0 Å². The van der Waals surface area contributed by atoms with Gasteiger partial charge in [-0.25, -0.2) is 8.78 Å². The van der Waals surface area contributed by atoms with Crippen molar-refractivity contribution in [3.05, 3.63) is 59.7 Å². The molecule has 0 aliphatic carbocycles. The van der Waals surface area contributed by atoms with Gasteiger partial charge in [-0.2, -0.15) is 8.78 Å². The van der Waals surface area contributed by atoms with Gasteiger partial charge in [-0.15, -0.1) is 0 Å². The SMILES string of the molecule is CN=C(NCc1c(F)cccc1OC(F)F)NC1CCN(c2cccc(F)c2)CC1. The van der Waals surface area contributed by atoms with Crippen molar-refractivity contribution in [1.82, 2.24) is 10.6 Å². The number of alkyl halides is 2. The van der Waals surface area contributed by atoms with Gasteiger partial charge in [-0.1, -0.05) is 12.1 Å². The van der Waals surface area contributed by atoms with Crippen molar-refractivity contribution in [3.63, 3.8) is 0 Å². The van der Waals surface area contributed by atoms with Gasteiger partial charge in [-0.05, 0) is 43.2 Å². The van der Waals surface area contributed by atoms with E-state index < -0.39 is 12.4 Å². The van der Waals surface area contributed by atoms with Crippen LogP contribution in [0, 0.1) is 11.6 Å². The first-order valence-electron chi connectivity index (χ1n) is 9.66. The van der Waals surface area contributed by atoms with E-state index in [2.05, 4.69) is 25.3 Å². The number of rotatable bonds is 6. The van der Waals surface area contributed by atoms with Crippen LogP contribution in [0.15, 0.2) is 47.5 Å². The highest BCUT2D eigenvalue weighted by Gasteiger charge is 2.21. The minimum Gasteiger partial charge on any atom is -0.434 e. The third-order valence-corrected chi connectivity index (χ3v) is 4.96. The lowest BCUT2D eigenvalue weighted by molar-refractivity contribution is -0.0506. The normalized spacial score (nSPS) is 15.4. The Kier molecular flexibility index (Phi) is 7.37. The number of nitrogens with one attached hydrogen (secondary N) is 2. The van der Waals surface area contributed by atoms with Crippen LogP contribution in [0.4, 0.5) is 23.2 Å². The van der Waals surface area contributed by atoms with Crippen LogP contribution < -0.4 is 20.3 Å². The Morgan fingerprint density at radius 3 is 2.57 bits per heavy atom. The standard InChI is InChI=1S/C21H24F4N4O/c1-26-21(27-13-17-18(23)6-3-7-19(17)30-20(24)25)28-15-8-10-29(11-9-15)16-5-2-4-14(22)12-16/h2-7,12,15,20H,8-11,13H2,1H3,(H2,26,27,28). The summed E-state index contributed by atoms with van der Waals surface area (Å²) in [6, 6.07) is 10.4. The first kappa shape index (κ1) is 21.7. The van der Waals surface area contributed by atoms with Gasteiger partial charge in [0.1, 0.15) is 17.4 Å². The van der Waals surface area contributed by atoms with E-state index in [9.17, 15) is 17.6 Å². The highest BCUT2D eigenvalue weighted by molar-refractivity contribution is 5.80. The molecule has 1 aliphatic heterocycles. The number of ether oxygens (including phenoxy) is 1. The number of benzene rings is 2. The smallest absolute Gasteiger partial charge is 0.387 e. The molecule has 0 unspecified atom stereocenters. The van der Waals surface area contributed by atoms with Crippen LogP contribution in [0.3, 0.4) is 0 Å². The number of hydrogen-bond donors (Lipinski definition) is 2. The van der Waals surface area contributed by atoms with Crippen molar-refractivity contribution in [2.24, 2.45) is 4.99 Å². The van der Waals surface area contributed by atoms with Crippen LogP contribution in [0.1, 0.15) is 18.4 Å². The van der Waals surface area contributed by atoms with E-state index in [4.69, 9.17) is 0 Å². The van der Waals surface area contributed by atoms with E-state index in [-0.39, 0.29) is 29.7 Å². The summed E-state index contributed by atoms with van der Waals surface area (Å²) in [5.74, 6) is -0.679. The fourth-order valence-electron chi connectivity index (χ4n) is 3.43. The summed E-state index contributed by atoms with van der Waals surface area (Å²) >= 11 is 0. The molecule has 162 valence electrons. The largest absolute Gasteiger partial charge is 0.434 e. The molecule has 3 rings (SSSR count). The number of guanidine groups is 1. The van der Waals surface area contributed by atoms with Gasteiger partial charge >= 0.3 is 6.61 Å². The van der Waals surface area contributed by atoms with Crippen molar-refractivity contribution in [3.8, 4) is 5.75 Å². The number of piperidine rings is 1. The summed E-state index contributed by atoms with van der Waals surface area (Å²) in [7, 11) is 1.58. The third-order valence-electron chi connectivity index (χ3n) is 4.96. The van der Waals surface area contributed by atoms with Gasteiger partial charge in [-0.3, -0.25) is 4.99 Å². The maximum absolute atomic E-state index is 14.1. The van der Waals surface area contributed by atoms with Gasteiger partial charge in [0.05, 0.1) is 0 Å². The van der Waals surface area contributed by atoms with Gasteiger partial charge in [0.25, 0.3) is 0 Å². The Balaban J connectivity index is 1.54. The predicted molar refractivity (Wildman–Crippen MR) is 108 cm³/mol. The molecule has 2 N–H and O–H groups in total. The summed E-state index contributed by atoms with van der Waals surface area (Å²) in [4.78, 5) is 6.24. The second kappa shape index (κ2) is 10.2. The molecule has 0 amide bonds. The zero-order valence-electron chi connectivity index (χ0n) is 16.5. The molecule has 0 aromatic heterocycles. The fourth-order valence-corrected chi connectivity index (χ4v) is 3.43. The molecular weight excluding hydrogens is 400 g/mol. The molecule has 0 radical (unpaired) electrons. The van der Waals surface area contributed by atoms with E-state index in [1.165, 1.54) is 30.3 Å². The molecule has 5 nitrogen and oxygen atoms in total. The van der Waals surface area contributed by atoms with Crippen LogP contribution in [-0.4, -0.2) is 38.8 Å². The molecule has 1 fully saturated rings. The Morgan fingerprint density at radius 2 is 1.90 bits per heavy atom. The average molecular weight is 424 g/mol. The lowest BCUT2D eigenvalue weighted by atomic mass is 10.0. The molecule has 9 heteroatoms. The lowest BCUT2D eigenvalue weighted by Gasteiger charge is -2.34. The average Bonchev–Trinajstić information content (AvgIpc) is 2.72. The van der Waals surface area contributed by atoms with E-state index >= 15 is 0 Å². The second-order valence-corrected chi connectivity index (χ2v) is 6.91. The summed E-state index contributed by atoms with van der Waals surface area (Å²) < 4.78 is 57.0. The predicted octanol–water partition coefficient (Wildman–Crippen LogP) is 3.90. The Hall–Kier alpha value is -2.97. The molecular formula is C21H24F4N4O. The Bertz CT molecular complexity index is 870. The molecule has 0 spiro atoms.